The van der Waals surface area contributed by atoms with E-state index in [1.165, 1.54) is 51.4 Å². The summed E-state index contributed by atoms with van der Waals surface area (Å²) < 4.78 is 0. The SMILES string of the molecule is CCCCCCCCCCCCCC(=O)N[C@@H](CC(C)C)C(=O)N[C@@H](Cc1c[nH]c2ccccc12)C(=O)O. The maximum atomic E-state index is 13.1. The molecule has 1 aromatic heterocycles. The van der Waals surface area contributed by atoms with E-state index in [4.69, 9.17) is 0 Å². The molecule has 0 bridgehead atoms. The molecule has 0 aliphatic heterocycles. The van der Waals surface area contributed by atoms with Gasteiger partial charge in [-0.25, -0.2) is 4.79 Å². The summed E-state index contributed by atoms with van der Waals surface area (Å²) in [6, 6.07) is 5.84. The number of carbonyl (C=O) groups is 3. The van der Waals surface area contributed by atoms with E-state index >= 15 is 0 Å². The zero-order valence-electron chi connectivity index (χ0n) is 23.7. The van der Waals surface area contributed by atoms with Crippen LogP contribution in [0.1, 0.15) is 110 Å². The average Bonchev–Trinajstić information content (AvgIpc) is 3.29. The van der Waals surface area contributed by atoms with E-state index in [-0.39, 0.29) is 18.2 Å². The zero-order valence-corrected chi connectivity index (χ0v) is 23.7. The van der Waals surface area contributed by atoms with Gasteiger partial charge in [0.25, 0.3) is 0 Å². The lowest BCUT2D eigenvalue weighted by Crippen LogP contribution is -2.52. The van der Waals surface area contributed by atoms with Crippen molar-refractivity contribution >= 4 is 28.7 Å². The number of nitrogens with one attached hydrogen (secondary N) is 3. The molecular formula is C31H49N3O4. The van der Waals surface area contributed by atoms with Crippen molar-refractivity contribution in [3.8, 4) is 0 Å². The first-order chi connectivity index (χ1) is 18.3. The lowest BCUT2D eigenvalue weighted by Gasteiger charge is -2.23. The van der Waals surface area contributed by atoms with Crippen LogP contribution in [0.5, 0.6) is 0 Å². The summed E-state index contributed by atoms with van der Waals surface area (Å²) in [6.45, 7) is 6.20. The van der Waals surface area contributed by atoms with Crippen LogP contribution in [0.4, 0.5) is 0 Å². The fourth-order valence-corrected chi connectivity index (χ4v) is 4.91. The van der Waals surface area contributed by atoms with Crippen molar-refractivity contribution < 1.29 is 19.5 Å². The Kier molecular flexibility index (Phi) is 14.6. The molecular weight excluding hydrogens is 478 g/mol. The monoisotopic (exact) mass is 527 g/mol. The zero-order chi connectivity index (χ0) is 27.8. The van der Waals surface area contributed by atoms with Crippen LogP contribution in [-0.2, 0) is 20.8 Å². The number of rotatable bonds is 20. The molecule has 7 heteroatoms. The molecule has 2 amide bonds. The molecule has 0 aliphatic rings. The van der Waals surface area contributed by atoms with E-state index in [1.54, 1.807) is 6.20 Å². The van der Waals surface area contributed by atoms with Crippen LogP contribution in [0, 0.1) is 5.92 Å². The number of aliphatic carboxylic acids is 1. The minimum Gasteiger partial charge on any atom is -0.480 e. The van der Waals surface area contributed by atoms with Gasteiger partial charge in [-0.1, -0.05) is 103 Å². The number of benzene rings is 1. The second-order valence-corrected chi connectivity index (χ2v) is 11.0. The minimum absolute atomic E-state index is 0.148. The van der Waals surface area contributed by atoms with Gasteiger partial charge in [-0.05, 0) is 30.4 Å². The van der Waals surface area contributed by atoms with Gasteiger partial charge in [0.1, 0.15) is 12.1 Å². The Bertz CT molecular complexity index is 984. The molecule has 2 rings (SSSR count). The van der Waals surface area contributed by atoms with Crippen LogP contribution in [0.15, 0.2) is 30.5 Å². The highest BCUT2D eigenvalue weighted by atomic mass is 16.4. The summed E-state index contributed by atoms with van der Waals surface area (Å²) in [5.74, 6) is -1.52. The molecule has 2 aromatic rings. The number of aromatic amines is 1. The summed E-state index contributed by atoms with van der Waals surface area (Å²) in [7, 11) is 0. The lowest BCUT2D eigenvalue weighted by atomic mass is 10.0. The van der Waals surface area contributed by atoms with Crippen LogP contribution in [0.3, 0.4) is 0 Å². The average molecular weight is 528 g/mol. The highest BCUT2D eigenvalue weighted by Crippen LogP contribution is 2.19. The van der Waals surface area contributed by atoms with Gasteiger partial charge in [0, 0.05) is 29.9 Å². The standard InChI is InChI=1S/C31H49N3O4/c1-4-5-6-7-8-9-10-11-12-13-14-19-29(35)33-27(20-23(2)3)30(36)34-28(31(37)38)21-24-22-32-26-18-16-15-17-25(24)26/h15-18,22-23,27-28,32H,4-14,19-21H2,1-3H3,(H,33,35)(H,34,36)(H,37,38)/t27-,28-/m0/s1. The van der Waals surface area contributed by atoms with Crippen molar-refractivity contribution in [3.63, 3.8) is 0 Å². The predicted octanol–water partition coefficient (Wildman–Crippen LogP) is 6.51. The van der Waals surface area contributed by atoms with Crippen molar-refractivity contribution in [2.75, 3.05) is 0 Å². The first kappa shape index (κ1) is 31.4. The van der Waals surface area contributed by atoms with Gasteiger partial charge in [0.05, 0.1) is 0 Å². The Hall–Kier alpha value is -2.83. The topological polar surface area (TPSA) is 111 Å². The Morgan fingerprint density at radius 1 is 0.842 bits per heavy atom. The fourth-order valence-electron chi connectivity index (χ4n) is 4.91. The smallest absolute Gasteiger partial charge is 0.326 e. The second-order valence-electron chi connectivity index (χ2n) is 11.0. The highest BCUT2D eigenvalue weighted by molar-refractivity contribution is 5.91. The van der Waals surface area contributed by atoms with Crippen molar-refractivity contribution in [1.82, 2.24) is 15.6 Å². The third kappa shape index (κ3) is 11.7. The lowest BCUT2D eigenvalue weighted by molar-refractivity contribution is -0.142. The van der Waals surface area contributed by atoms with Crippen molar-refractivity contribution in [2.24, 2.45) is 5.92 Å². The van der Waals surface area contributed by atoms with E-state index in [9.17, 15) is 19.5 Å². The number of unbranched alkanes of at least 4 members (excludes halogenated alkanes) is 10. The minimum atomic E-state index is -1.10. The van der Waals surface area contributed by atoms with Gasteiger partial charge in [0.15, 0.2) is 0 Å². The number of carboxylic acid groups (broad SMARTS) is 1. The first-order valence-electron chi connectivity index (χ1n) is 14.7. The number of fused-ring (bicyclic) bond motifs is 1. The Balaban J connectivity index is 1.78. The molecule has 7 nitrogen and oxygen atoms in total. The normalized spacial score (nSPS) is 12.9. The maximum absolute atomic E-state index is 13.1. The largest absolute Gasteiger partial charge is 0.480 e. The maximum Gasteiger partial charge on any atom is 0.326 e. The Morgan fingerprint density at radius 3 is 2.05 bits per heavy atom. The molecule has 0 spiro atoms. The summed E-state index contributed by atoms with van der Waals surface area (Å²) in [4.78, 5) is 40.8. The Labute approximate surface area is 228 Å². The number of H-pyrrole nitrogens is 1. The molecule has 0 radical (unpaired) electrons. The van der Waals surface area contributed by atoms with Crippen LogP contribution < -0.4 is 10.6 Å². The predicted molar refractivity (Wildman–Crippen MR) is 154 cm³/mol. The summed E-state index contributed by atoms with van der Waals surface area (Å²) in [5.41, 5.74) is 1.75. The number of carbonyl (C=O) groups excluding carboxylic acids is 2. The number of amides is 2. The molecule has 0 saturated heterocycles. The van der Waals surface area contributed by atoms with Crippen LogP contribution in [0.25, 0.3) is 10.9 Å². The van der Waals surface area contributed by atoms with Gasteiger partial charge in [-0.2, -0.15) is 0 Å². The van der Waals surface area contributed by atoms with E-state index in [2.05, 4.69) is 22.5 Å². The molecule has 4 N–H and O–H groups in total. The number of carboxylic acids is 1. The number of para-hydroxylation sites is 1. The number of aromatic nitrogens is 1. The molecule has 0 saturated carbocycles. The molecule has 38 heavy (non-hydrogen) atoms. The third-order valence-electron chi connectivity index (χ3n) is 7.08. The summed E-state index contributed by atoms with van der Waals surface area (Å²) >= 11 is 0. The fraction of sp³-hybridized carbons (Fsp3) is 0.645. The Morgan fingerprint density at radius 2 is 1.45 bits per heavy atom. The van der Waals surface area contributed by atoms with E-state index < -0.39 is 24.0 Å². The molecule has 0 fully saturated rings. The van der Waals surface area contributed by atoms with Crippen LogP contribution in [-0.4, -0.2) is 40.0 Å². The third-order valence-corrected chi connectivity index (χ3v) is 7.08. The van der Waals surface area contributed by atoms with Gasteiger partial charge < -0.3 is 20.7 Å². The molecule has 212 valence electrons. The van der Waals surface area contributed by atoms with Gasteiger partial charge in [-0.3, -0.25) is 9.59 Å². The van der Waals surface area contributed by atoms with Gasteiger partial charge in [0.2, 0.25) is 11.8 Å². The van der Waals surface area contributed by atoms with Crippen molar-refractivity contribution in [2.45, 2.75) is 123 Å². The highest BCUT2D eigenvalue weighted by Gasteiger charge is 2.27. The van der Waals surface area contributed by atoms with E-state index in [0.717, 1.165) is 35.7 Å². The van der Waals surface area contributed by atoms with Crippen molar-refractivity contribution in [1.29, 1.82) is 0 Å². The second kappa shape index (κ2) is 17.6. The van der Waals surface area contributed by atoms with Gasteiger partial charge >= 0.3 is 5.97 Å². The number of hydrogen-bond acceptors (Lipinski definition) is 3. The van der Waals surface area contributed by atoms with E-state index in [0.29, 0.717) is 12.8 Å². The van der Waals surface area contributed by atoms with E-state index in [1.807, 2.05) is 38.1 Å². The molecule has 1 aromatic carbocycles. The van der Waals surface area contributed by atoms with Gasteiger partial charge in [-0.15, -0.1) is 0 Å². The molecule has 1 heterocycles. The van der Waals surface area contributed by atoms with Crippen LogP contribution in [0.2, 0.25) is 0 Å². The van der Waals surface area contributed by atoms with Crippen molar-refractivity contribution in [3.05, 3.63) is 36.0 Å². The molecule has 2 atom stereocenters. The molecule has 0 aliphatic carbocycles. The first-order valence-corrected chi connectivity index (χ1v) is 14.7. The summed E-state index contributed by atoms with van der Waals surface area (Å²) in [6.07, 6.45) is 16.1. The van der Waals surface area contributed by atoms with Crippen LogP contribution >= 0.6 is 0 Å². The summed E-state index contributed by atoms with van der Waals surface area (Å²) in [5, 5.41) is 16.3. The molecule has 0 unspecified atom stereocenters. The number of hydrogen-bond donors (Lipinski definition) is 4. The quantitative estimate of drug-likeness (QED) is 0.147.